The lowest BCUT2D eigenvalue weighted by atomic mass is 9.79. The molecule has 3 aromatic rings. The number of fused-ring (bicyclic) bond motifs is 1. The van der Waals surface area contributed by atoms with E-state index in [1.807, 2.05) is 4.90 Å². The second kappa shape index (κ2) is 7.99. The van der Waals surface area contributed by atoms with Crippen molar-refractivity contribution in [3.8, 4) is 0 Å². The first-order valence-corrected chi connectivity index (χ1v) is 10.1. The first-order chi connectivity index (χ1) is 15.1. The van der Waals surface area contributed by atoms with Crippen LogP contribution in [-0.2, 0) is 13.6 Å². The highest BCUT2D eigenvalue weighted by Crippen LogP contribution is 2.43. The van der Waals surface area contributed by atoms with Gasteiger partial charge in [-0.25, -0.2) is 9.18 Å². The van der Waals surface area contributed by atoms with E-state index in [9.17, 15) is 27.2 Å². The number of nitrogens with one attached hydrogen (secondary N) is 2. The van der Waals surface area contributed by atoms with E-state index in [4.69, 9.17) is 0 Å². The Morgan fingerprint density at radius 2 is 1.84 bits per heavy atom. The second-order valence-electron chi connectivity index (χ2n) is 8.13. The summed E-state index contributed by atoms with van der Waals surface area (Å²) in [5, 5.41) is 2.64. The highest BCUT2D eigenvalue weighted by molar-refractivity contribution is 5.97. The molecule has 1 aromatic heterocycles. The minimum Gasteiger partial charge on any atom is -0.372 e. The molecule has 170 valence electrons. The van der Waals surface area contributed by atoms with Crippen LogP contribution in [0.4, 0.5) is 23.2 Å². The molecule has 0 saturated heterocycles. The molecule has 1 fully saturated rings. The lowest BCUT2D eigenvalue weighted by molar-refractivity contribution is -0.196. The molecule has 1 heterocycles. The largest absolute Gasteiger partial charge is 0.391 e. The van der Waals surface area contributed by atoms with Crippen molar-refractivity contribution in [2.24, 2.45) is 13.0 Å². The number of carbonyl (C=O) groups excluding carboxylic acids is 1. The highest BCUT2D eigenvalue weighted by Gasteiger charge is 2.48. The Balaban J connectivity index is 1.37. The summed E-state index contributed by atoms with van der Waals surface area (Å²) < 4.78 is 54.0. The Kier molecular flexibility index (Phi) is 5.47. The molecule has 4 rings (SSSR count). The van der Waals surface area contributed by atoms with Crippen LogP contribution in [0.25, 0.3) is 11.0 Å². The Hall–Kier alpha value is -3.30. The van der Waals surface area contributed by atoms with Gasteiger partial charge in [0.25, 0.3) is 5.91 Å². The first-order valence-electron chi connectivity index (χ1n) is 10.1. The lowest BCUT2D eigenvalue weighted by Gasteiger charge is -2.43. The number of aromatic nitrogens is 2. The van der Waals surface area contributed by atoms with Crippen LogP contribution in [0.15, 0.2) is 41.2 Å². The van der Waals surface area contributed by atoms with Gasteiger partial charge in [0.2, 0.25) is 0 Å². The van der Waals surface area contributed by atoms with Crippen LogP contribution in [0.1, 0.15) is 28.8 Å². The minimum atomic E-state index is -4.14. The number of nitrogens with zero attached hydrogens (tertiary/aromatic N) is 2. The number of imidazole rings is 1. The van der Waals surface area contributed by atoms with Crippen LogP contribution in [0.2, 0.25) is 0 Å². The molecule has 1 aliphatic carbocycles. The fourth-order valence-corrected chi connectivity index (χ4v) is 3.95. The van der Waals surface area contributed by atoms with Crippen LogP contribution in [-0.4, -0.2) is 34.7 Å². The molecule has 1 amide bonds. The standard InChI is InChI=1S/C22H22F4N4O2/c1-29(15-9-13(10-15)22(24,25)26)14-5-3-12(4-6-14)11-27-20(31)16-7-8-17-19(18(16)23)28-21(32)30(17)2/h3-8,13,15H,9-11H2,1-2H3,(H,27,31)(H,28,32)/t13-,15+. The molecule has 0 spiro atoms. The summed E-state index contributed by atoms with van der Waals surface area (Å²) in [4.78, 5) is 28.3. The van der Waals surface area contributed by atoms with Crippen LogP contribution in [0, 0.1) is 11.7 Å². The zero-order chi connectivity index (χ0) is 23.2. The van der Waals surface area contributed by atoms with Gasteiger partial charge >= 0.3 is 11.9 Å². The maximum atomic E-state index is 14.7. The number of hydrogen-bond donors (Lipinski definition) is 2. The molecule has 0 bridgehead atoms. The second-order valence-corrected chi connectivity index (χ2v) is 8.13. The number of carbonyl (C=O) groups is 1. The number of hydrogen-bond acceptors (Lipinski definition) is 3. The number of halogens is 4. The third kappa shape index (κ3) is 3.96. The number of benzene rings is 2. The van der Waals surface area contributed by atoms with Crippen molar-refractivity contribution in [3.63, 3.8) is 0 Å². The van der Waals surface area contributed by atoms with Crippen molar-refractivity contribution in [3.05, 3.63) is 63.8 Å². The summed E-state index contributed by atoms with van der Waals surface area (Å²) in [6, 6.07) is 9.76. The number of alkyl halides is 3. The normalized spacial score (nSPS) is 18.4. The number of H-pyrrole nitrogens is 1. The molecular weight excluding hydrogens is 428 g/mol. The quantitative estimate of drug-likeness (QED) is 0.583. The van der Waals surface area contributed by atoms with E-state index >= 15 is 0 Å². The molecule has 1 aliphatic rings. The maximum Gasteiger partial charge on any atom is 0.391 e. The van der Waals surface area contributed by atoms with Crippen molar-refractivity contribution >= 4 is 22.6 Å². The average molecular weight is 450 g/mol. The number of rotatable bonds is 5. The highest BCUT2D eigenvalue weighted by atomic mass is 19.4. The molecule has 10 heteroatoms. The van der Waals surface area contributed by atoms with Gasteiger partial charge in [-0.1, -0.05) is 12.1 Å². The lowest BCUT2D eigenvalue weighted by Crippen LogP contribution is -2.47. The summed E-state index contributed by atoms with van der Waals surface area (Å²) in [5.41, 5.74) is 1.22. The number of aromatic amines is 1. The third-order valence-corrected chi connectivity index (χ3v) is 6.18. The van der Waals surface area contributed by atoms with E-state index in [0.717, 1.165) is 11.3 Å². The zero-order valence-corrected chi connectivity index (χ0v) is 17.5. The fraction of sp³-hybridized carbons (Fsp3) is 0.364. The Bertz CT molecular complexity index is 1210. The Morgan fingerprint density at radius 1 is 1.19 bits per heavy atom. The van der Waals surface area contributed by atoms with E-state index in [-0.39, 0.29) is 36.5 Å². The predicted molar refractivity (Wildman–Crippen MR) is 112 cm³/mol. The van der Waals surface area contributed by atoms with E-state index in [0.29, 0.717) is 5.52 Å². The minimum absolute atomic E-state index is 0.0266. The van der Waals surface area contributed by atoms with Gasteiger partial charge in [0.1, 0.15) is 5.52 Å². The number of aryl methyl sites for hydroxylation is 1. The summed E-state index contributed by atoms with van der Waals surface area (Å²) in [5.74, 6) is -2.66. The third-order valence-electron chi connectivity index (χ3n) is 6.18. The zero-order valence-electron chi connectivity index (χ0n) is 17.5. The van der Waals surface area contributed by atoms with E-state index in [1.165, 1.54) is 23.7 Å². The van der Waals surface area contributed by atoms with Crippen LogP contribution < -0.4 is 15.9 Å². The van der Waals surface area contributed by atoms with Crippen LogP contribution in [0.5, 0.6) is 0 Å². The van der Waals surface area contributed by atoms with Gasteiger partial charge in [-0.05, 0) is 42.7 Å². The molecule has 32 heavy (non-hydrogen) atoms. The Morgan fingerprint density at radius 3 is 2.47 bits per heavy atom. The van der Waals surface area contributed by atoms with Gasteiger partial charge in [0.05, 0.1) is 17.0 Å². The summed E-state index contributed by atoms with van der Waals surface area (Å²) in [6.45, 7) is 0.144. The van der Waals surface area contributed by atoms with Gasteiger partial charge < -0.3 is 15.2 Å². The molecule has 2 aromatic carbocycles. The molecule has 0 atom stereocenters. The monoisotopic (exact) mass is 450 g/mol. The topological polar surface area (TPSA) is 70.1 Å². The number of anilines is 1. The molecule has 0 radical (unpaired) electrons. The van der Waals surface area contributed by atoms with Gasteiger partial charge in [-0.2, -0.15) is 13.2 Å². The average Bonchev–Trinajstić information content (AvgIpc) is 2.99. The summed E-state index contributed by atoms with van der Waals surface area (Å²) in [6.07, 6.45) is -3.97. The van der Waals surface area contributed by atoms with Gasteiger partial charge in [-0.3, -0.25) is 9.36 Å². The van der Waals surface area contributed by atoms with Crippen molar-refractivity contribution in [1.29, 1.82) is 0 Å². The van der Waals surface area contributed by atoms with Crippen LogP contribution >= 0.6 is 0 Å². The van der Waals surface area contributed by atoms with E-state index in [2.05, 4.69) is 10.3 Å². The van der Waals surface area contributed by atoms with E-state index < -0.39 is 29.5 Å². The molecule has 0 aliphatic heterocycles. The fourth-order valence-electron chi connectivity index (χ4n) is 3.95. The van der Waals surface area contributed by atoms with E-state index in [1.54, 1.807) is 31.3 Å². The van der Waals surface area contributed by atoms with Crippen molar-refractivity contribution in [2.45, 2.75) is 31.6 Å². The number of amides is 1. The van der Waals surface area contributed by atoms with Gasteiger partial charge in [0, 0.05) is 32.4 Å². The van der Waals surface area contributed by atoms with Gasteiger partial charge in [0.15, 0.2) is 5.82 Å². The molecule has 1 saturated carbocycles. The summed E-state index contributed by atoms with van der Waals surface area (Å²) in [7, 11) is 3.27. The summed E-state index contributed by atoms with van der Waals surface area (Å²) >= 11 is 0. The molecule has 0 unspecified atom stereocenters. The van der Waals surface area contributed by atoms with Crippen molar-refractivity contribution in [2.75, 3.05) is 11.9 Å². The van der Waals surface area contributed by atoms with Crippen molar-refractivity contribution in [1.82, 2.24) is 14.9 Å². The first kappa shape index (κ1) is 21.9. The Labute approximate surface area is 180 Å². The molecule has 6 nitrogen and oxygen atoms in total. The predicted octanol–water partition coefficient (Wildman–Crippen LogP) is 3.71. The maximum absolute atomic E-state index is 14.7. The smallest absolute Gasteiger partial charge is 0.372 e. The SMILES string of the molecule is Cn1c(=O)[nH]c2c(F)c(C(=O)NCc3ccc(N(C)[C@H]4C[C@@H](C(F)(F)F)C4)cc3)ccc21. The molecule has 2 N–H and O–H groups in total. The van der Waals surface area contributed by atoms with Crippen molar-refractivity contribution < 1.29 is 22.4 Å². The van der Waals surface area contributed by atoms with Crippen LogP contribution in [0.3, 0.4) is 0 Å². The molecular formula is C22H22F4N4O2. The van der Waals surface area contributed by atoms with Gasteiger partial charge in [-0.15, -0.1) is 0 Å².